The number of esters is 1. The van der Waals surface area contributed by atoms with Crippen LogP contribution < -0.4 is 15.4 Å². The minimum absolute atomic E-state index is 0.000370. The third-order valence-electron chi connectivity index (χ3n) is 5.60. The highest BCUT2D eigenvalue weighted by molar-refractivity contribution is 7.80. The van der Waals surface area contributed by atoms with Crippen molar-refractivity contribution in [2.24, 2.45) is 0 Å². The molecule has 0 unspecified atom stereocenters. The lowest BCUT2D eigenvalue weighted by Gasteiger charge is -2.21. The number of anilines is 2. The van der Waals surface area contributed by atoms with Gasteiger partial charge in [-0.1, -0.05) is 39.7 Å². The maximum Gasteiger partial charge on any atom is 0.341 e. The Hall–Kier alpha value is -2.12. The summed E-state index contributed by atoms with van der Waals surface area (Å²) in [6, 6.07) is 6.07. The smallest absolute Gasteiger partial charge is 0.341 e. The molecule has 0 spiro atoms. The van der Waals surface area contributed by atoms with E-state index in [-0.39, 0.29) is 11.4 Å². The number of hydrogen-bond donors (Lipinski definition) is 2. The number of rotatable bonds is 4. The maximum absolute atomic E-state index is 12.6. The third kappa shape index (κ3) is 5.57. The Morgan fingerprint density at radius 1 is 1.06 bits per heavy atom. The van der Waals surface area contributed by atoms with Gasteiger partial charge in [-0.05, 0) is 66.6 Å². The zero-order valence-corrected chi connectivity index (χ0v) is 20.6. The molecule has 0 saturated heterocycles. The lowest BCUT2D eigenvalue weighted by molar-refractivity contribution is 0.0601. The molecule has 5 nitrogen and oxygen atoms in total. The van der Waals surface area contributed by atoms with Crippen LogP contribution in [0.4, 0.5) is 10.7 Å². The second kappa shape index (κ2) is 10.0. The molecule has 0 amide bonds. The minimum atomic E-state index is -0.310. The first-order chi connectivity index (χ1) is 14.7. The number of thiocarbonyl (C=S) groups is 1. The van der Waals surface area contributed by atoms with Gasteiger partial charge in [0, 0.05) is 4.88 Å². The van der Waals surface area contributed by atoms with Crippen LogP contribution >= 0.6 is 23.6 Å². The van der Waals surface area contributed by atoms with Crippen molar-refractivity contribution in [2.75, 3.05) is 24.9 Å². The van der Waals surface area contributed by atoms with Gasteiger partial charge in [0.15, 0.2) is 5.11 Å². The van der Waals surface area contributed by atoms with E-state index >= 15 is 0 Å². The lowest BCUT2D eigenvalue weighted by atomic mass is 9.87. The summed E-state index contributed by atoms with van der Waals surface area (Å²) in [6.45, 7) is 6.50. The summed E-state index contributed by atoms with van der Waals surface area (Å²) in [5.74, 6) is 0.402. The first-order valence-corrected chi connectivity index (χ1v) is 12.0. The van der Waals surface area contributed by atoms with Crippen LogP contribution in [0.2, 0.25) is 0 Å². The molecule has 0 saturated carbocycles. The van der Waals surface area contributed by atoms with Gasteiger partial charge >= 0.3 is 5.97 Å². The van der Waals surface area contributed by atoms with Crippen molar-refractivity contribution in [3.63, 3.8) is 0 Å². The topological polar surface area (TPSA) is 59.6 Å². The summed E-state index contributed by atoms with van der Waals surface area (Å²) in [7, 11) is 3.07. The third-order valence-corrected chi connectivity index (χ3v) is 7.01. The van der Waals surface area contributed by atoms with Gasteiger partial charge in [-0.2, -0.15) is 0 Å². The highest BCUT2D eigenvalue weighted by Gasteiger charge is 2.25. The first kappa shape index (κ1) is 23.5. The quantitative estimate of drug-likeness (QED) is 0.412. The van der Waals surface area contributed by atoms with E-state index in [0.717, 1.165) is 41.9 Å². The molecule has 31 heavy (non-hydrogen) atoms. The average Bonchev–Trinajstić information content (AvgIpc) is 3.02. The van der Waals surface area contributed by atoms with E-state index in [1.165, 1.54) is 30.4 Å². The Bertz CT molecular complexity index is 960. The number of carbonyl (C=O) groups is 1. The zero-order valence-electron chi connectivity index (χ0n) is 19.0. The molecule has 0 aliphatic heterocycles. The SMILES string of the molecule is COC(=O)c1c(NC(=S)Nc2cc(C(C)(C)C)ccc2OC)sc2c1CCCCCC2. The minimum Gasteiger partial charge on any atom is -0.495 e. The number of ether oxygens (including phenoxy) is 2. The maximum atomic E-state index is 12.6. The molecule has 2 aromatic rings. The molecule has 0 atom stereocenters. The number of hydrogen-bond acceptors (Lipinski definition) is 5. The molecule has 3 rings (SSSR count). The molecule has 0 bridgehead atoms. The van der Waals surface area contributed by atoms with Crippen molar-refractivity contribution in [2.45, 2.75) is 64.7 Å². The van der Waals surface area contributed by atoms with Gasteiger partial charge in [-0.3, -0.25) is 0 Å². The predicted octanol–water partition coefficient (Wildman–Crippen LogP) is 6.31. The van der Waals surface area contributed by atoms with Crippen molar-refractivity contribution in [3.05, 3.63) is 39.8 Å². The van der Waals surface area contributed by atoms with E-state index in [1.54, 1.807) is 18.4 Å². The van der Waals surface area contributed by atoms with Crippen LogP contribution in [0.1, 0.15) is 72.8 Å². The summed E-state index contributed by atoms with van der Waals surface area (Å²) >= 11 is 7.23. The number of benzene rings is 1. The fourth-order valence-electron chi connectivity index (χ4n) is 3.85. The van der Waals surface area contributed by atoms with Gasteiger partial charge < -0.3 is 20.1 Å². The summed E-state index contributed by atoms with van der Waals surface area (Å²) in [4.78, 5) is 13.9. The molecule has 1 aromatic carbocycles. The first-order valence-electron chi connectivity index (χ1n) is 10.7. The van der Waals surface area contributed by atoms with Crippen LogP contribution in [-0.2, 0) is 23.0 Å². The van der Waals surface area contributed by atoms with Crippen molar-refractivity contribution >= 4 is 45.3 Å². The number of carbonyl (C=O) groups excluding carboxylic acids is 1. The van der Waals surface area contributed by atoms with E-state index in [4.69, 9.17) is 21.7 Å². The van der Waals surface area contributed by atoms with Gasteiger partial charge in [0.25, 0.3) is 0 Å². The second-order valence-corrected chi connectivity index (χ2v) is 10.4. The number of thiophene rings is 1. The Morgan fingerprint density at radius 3 is 2.42 bits per heavy atom. The molecule has 0 fully saturated rings. The summed E-state index contributed by atoms with van der Waals surface area (Å²) in [5, 5.41) is 7.70. The number of methoxy groups -OCH3 is 2. The van der Waals surface area contributed by atoms with E-state index < -0.39 is 0 Å². The van der Waals surface area contributed by atoms with Crippen molar-refractivity contribution in [1.29, 1.82) is 0 Å². The second-order valence-electron chi connectivity index (χ2n) is 8.86. The van der Waals surface area contributed by atoms with Crippen LogP contribution in [0, 0.1) is 0 Å². The normalized spacial score (nSPS) is 14.1. The fraction of sp³-hybridized carbons (Fsp3) is 0.500. The Balaban J connectivity index is 1.88. The molecule has 1 heterocycles. The fourth-order valence-corrected chi connectivity index (χ4v) is 5.41. The molecule has 1 aliphatic rings. The summed E-state index contributed by atoms with van der Waals surface area (Å²) in [6.07, 6.45) is 6.56. The number of aryl methyl sites for hydroxylation is 1. The number of nitrogens with one attached hydrogen (secondary N) is 2. The monoisotopic (exact) mass is 460 g/mol. The molecule has 1 aromatic heterocycles. The predicted molar refractivity (Wildman–Crippen MR) is 133 cm³/mol. The van der Waals surface area contributed by atoms with E-state index in [9.17, 15) is 4.79 Å². The van der Waals surface area contributed by atoms with Gasteiger partial charge in [0.2, 0.25) is 0 Å². The van der Waals surface area contributed by atoms with Crippen LogP contribution in [0.25, 0.3) is 0 Å². The summed E-state index contributed by atoms with van der Waals surface area (Å²) < 4.78 is 10.6. The van der Waals surface area contributed by atoms with E-state index in [0.29, 0.717) is 16.4 Å². The molecular weight excluding hydrogens is 428 g/mol. The standard InChI is InChI=1S/C24H32N2O3S2/c1-24(2,3)15-12-13-18(28-4)17(14-15)25-23(30)26-21-20(22(27)29-5)16-10-8-6-7-9-11-19(16)31-21/h12-14H,6-11H2,1-5H3,(H2,25,26,30). The zero-order chi connectivity index (χ0) is 22.6. The molecular formula is C24H32N2O3S2. The van der Waals surface area contributed by atoms with Gasteiger partial charge in [0.05, 0.1) is 25.5 Å². The molecule has 7 heteroatoms. The van der Waals surface area contributed by atoms with Crippen molar-refractivity contribution < 1.29 is 14.3 Å². The van der Waals surface area contributed by atoms with Crippen LogP contribution in [0.5, 0.6) is 5.75 Å². The van der Waals surface area contributed by atoms with Crippen LogP contribution in [-0.4, -0.2) is 25.3 Å². The Labute approximate surface area is 194 Å². The summed E-state index contributed by atoms with van der Waals surface area (Å²) in [5.41, 5.74) is 3.72. The van der Waals surface area contributed by atoms with Gasteiger partial charge in [-0.25, -0.2) is 4.79 Å². The molecule has 0 radical (unpaired) electrons. The molecule has 168 valence electrons. The Kier molecular flexibility index (Phi) is 7.59. The lowest BCUT2D eigenvalue weighted by Crippen LogP contribution is -2.21. The largest absolute Gasteiger partial charge is 0.495 e. The molecule has 2 N–H and O–H groups in total. The number of fused-ring (bicyclic) bond motifs is 1. The van der Waals surface area contributed by atoms with Crippen molar-refractivity contribution in [3.8, 4) is 5.75 Å². The van der Waals surface area contributed by atoms with Crippen LogP contribution in [0.15, 0.2) is 18.2 Å². The highest BCUT2D eigenvalue weighted by Crippen LogP contribution is 2.38. The molecule has 1 aliphatic carbocycles. The van der Waals surface area contributed by atoms with Gasteiger partial charge in [0.1, 0.15) is 10.8 Å². The van der Waals surface area contributed by atoms with Gasteiger partial charge in [-0.15, -0.1) is 11.3 Å². The van der Waals surface area contributed by atoms with Crippen LogP contribution in [0.3, 0.4) is 0 Å². The Morgan fingerprint density at radius 2 is 1.77 bits per heavy atom. The highest BCUT2D eigenvalue weighted by atomic mass is 32.1. The average molecular weight is 461 g/mol. The van der Waals surface area contributed by atoms with E-state index in [2.05, 4.69) is 43.5 Å². The van der Waals surface area contributed by atoms with E-state index in [1.807, 2.05) is 6.07 Å². The van der Waals surface area contributed by atoms with Crippen molar-refractivity contribution in [1.82, 2.24) is 0 Å².